The van der Waals surface area contributed by atoms with Crippen molar-refractivity contribution in [3.05, 3.63) is 63.6 Å². The number of hydrogen-bond acceptors (Lipinski definition) is 2. The smallest absolute Gasteiger partial charge is 0.120 e. The van der Waals surface area contributed by atoms with E-state index >= 15 is 0 Å². The van der Waals surface area contributed by atoms with Crippen LogP contribution in [0.1, 0.15) is 18.1 Å². The van der Waals surface area contributed by atoms with Gasteiger partial charge in [0.05, 0.1) is 0 Å². The van der Waals surface area contributed by atoms with Crippen LogP contribution < -0.4 is 10.1 Å². The van der Waals surface area contributed by atoms with Crippen molar-refractivity contribution in [3.8, 4) is 5.75 Å². The van der Waals surface area contributed by atoms with Crippen molar-refractivity contribution in [1.82, 2.24) is 5.32 Å². The topological polar surface area (TPSA) is 21.3 Å². The van der Waals surface area contributed by atoms with Crippen molar-refractivity contribution in [1.29, 1.82) is 0 Å². The Hall–Kier alpha value is -1.22. The quantitative estimate of drug-likeness (QED) is 0.836. The molecule has 2 nitrogen and oxygen atoms in total. The van der Waals surface area contributed by atoms with Crippen LogP contribution in [-0.2, 0) is 13.2 Å². The fourth-order valence-electron chi connectivity index (χ4n) is 1.83. The van der Waals surface area contributed by atoms with Gasteiger partial charge in [-0.3, -0.25) is 0 Å². The molecule has 2 rings (SSSR count). The molecule has 106 valence electrons. The number of nitrogens with one attached hydrogen (secondary N) is 1. The van der Waals surface area contributed by atoms with E-state index in [1.54, 1.807) is 12.1 Å². The van der Waals surface area contributed by atoms with E-state index in [1.807, 2.05) is 24.3 Å². The lowest BCUT2D eigenvalue weighted by Crippen LogP contribution is -2.11. The average molecular weight is 310 g/mol. The minimum Gasteiger partial charge on any atom is -0.489 e. The number of hydrogen-bond donors (Lipinski definition) is 1. The molecule has 0 saturated heterocycles. The van der Waals surface area contributed by atoms with Gasteiger partial charge in [0.25, 0.3) is 0 Å². The first kappa shape index (κ1) is 15.2. The molecule has 0 aromatic heterocycles. The highest BCUT2D eigenvalue weighted by Crippen LogP contribution is 2.23. The van der Waals surface area contributed by atoms with Crippen LogP contribution in [0.5, 0.6) is 5.75 Å². The van der Waals surface area contributed by atoms with Crippen LogP contribution in [0, 0.1) is 0 Å². The Morgan fingerprint density at radius 3 is 2.75 bits per heavy atom. The molecule has 0 heterocycles. The van der Waals surface area contributed by atoms with Crippen LogP contribution in [-0.4, -0.2) is 6.54 Å². The van der Waals surface area contributed by atoms with Crippen molar-refractivity contribution < 1.29 is 4.74 Å². The van der Waals surface area contributed by atoms with Crippen molar-refractivity contribution in [2.45, 2.75) is 20.1 Å². The molecule has 1 N–H and O–H groups in total. The standard InChI is InChI=1S/C16H17Cl2NO/c1-2-19-10-12-4-3-5-15(8-12)20-11-13-9-14(17)6-7-16(13)18/h3-9,19H,2,10-11H2,1H3. The molecule has 2 aromatic carbocycles. The van der Waals surface area contributed by atoms with E-state index in [0.29, 0.717) is 16.7 Å². The Bertz CT molecular complexity index is 572. The Balaban J connectivity index is 2.01. The summed E-state index contributed by atoms with van der Waals surface area (Å²) in [5.41, 5.74) is 2.08. The first-order valence-corrected chi connectivity index (χ1v) is 7.31. The zero-order valence-corrected chi connectivity index (χ0v) is 12.8. The van der Waals surface area contributed by atoms with Gasteiger partial charge in [-0.1, -0.05) is 42.3 Å². The summed E-state index contributed by atoms with van der Waals surface area (Å²) in [7, 11) is 0. The van der Waals surface area contributed by atoms with Crippen LogP contribution in [0.25, 0.3) is 0 Å². The van der Waals surface area contributed by atoms with Crippen molar-refractivity contribution >= 4 is 23.2 Å². The van der Waals surface area contributed by atoms with Gasteiger partial charge in [-0.05, 0) is 42.4 Å². The summed E-state index contributed by atoms with van der Waals surface area (Å²) in [6.45, 7) is 4.28. The summed E-state index contributed by atoms with van der Waals surface area (Å²) >= 11 is 12.1. The SMILES string of the molecule is CCNCc1cccc(OCc2cc(Cl)ccc2Cl)c1. The first-order valence-electron chi connectivity index (χ1n) is 6.55. The summed E-state index contributed by atoms with van der Waals surface area (Å²) in [5.74, 6) is 0.830. The predicted octanol–water partition coefficient (Wildman–Crippen LogP) is 4.68. The van der Waals surface area contributed by atoms with Crippen LogP contribution in [0.2, 0.25) is 10.0 Å². The molecule has 0 spiro atoms. The highest BCUT2D eigenvalue weighted by Gasteiger charge is 2.03. The summed E-state index contributed by atoms with van der Waals surface area (Å²) in [4.78, 5) is 0. The molecule has 0 radical (unpaired) electrons. The largest absolute Gasteiger partial charge is 0.489 e. The summed E-state index contributed by atoms with van der Waals surface area (Å²) in [6.07, 6.45) is 0. The molecule has 20 heavy (non-hydrogen) atoms. The Morgan fingerprint density at radius 1 is 1.10 bits per heavy atom. The normalized spacial score (nSPS) is 10.6. The molecule has 0 amide bonds. The minimum absolute atomic E-state index is 0.407. The fraction of sp³-hybridized carbons (Fsp3) is 0.250. The summed E-state index contributed by atoms with van der Waals surface area (Å²) in [6, 6.07) is 13.4. The minimum atomic E-state index is 0.407. The molecule has 0 atom stereocenters. The lowest BCUT2D eigenvalue weighted by Gasteiger charge is -2.10. The number of ether oxygens (including phenoxy) is 1. The van der Waals surface area contributed by atoms with Gasteiger partial charge in [-0.25, -0.2) is 0 Å². The van der Waals surface area contributed by atoms with Gasteiger partial charge in [0.15, 0.2) is 0 Å². The van der Waals surface area contributed by atoms with Gasteiger partial charge in [-0.15, -0.1) is 0 Å². The third-order valence-corrected chi connectivity index (χ3v) is 3.48. The number of rotatable bonds is 6. The third-order valence-electron chi connectivity index (χ3n) is 2.88. The monoisotopic (exact) mass is 309 g/mol. The molecule has 0 bridgehead atoms. The maximum Gasteiger partial charge on any atom is 0.120 e. The second-order valence-corrected chi connectivity index (χ2v) is 5.30. The van der Waals surface area contributed by atoms with Crippen molar-refractivity contribution in [3.63, 3.8) is 0 Å². The van der Waals surface area contributed by atoms with Gasteiger partial charge < -0.3 is 10.1 Å². The predicted molar refractivity (Wildman–Crippen MR) is 84.6 cm³/mol. The maximum absolute atomic E-state index is 6.11. The van der Waals surface area contributed by atoms with E-state index in [9.17, 15) is 0 Å². The van der Waals surface area contributed by atoms with E-state index in [-0.39, 0.29) is 0 Å². The molecular weight excluding hydrogens is 293 g/mol. The van der Waals surface area contributed by atoms with Crippen LogP contribution in [0.3, 0.4) is 0 Å². The van der Waals surface area contributed by atoms with Crippen LogP contribution in [0.4, 0.5) is 0 Å². The molecule has 0 fully saturated rings. The fourth-order valence-corrected chi connectivity index (χ4v) is 2.20. The van der Waals surface area contributed by atoms with Gasteiger partial charge in [0.2, 0.25) is 0 Å². The lowest BCUT2D eigenvalue weighted by atomic mass is 10.2. The molecule has 0 aliphatic rings. The van der Waals surface area contributed by atoms with Gasteiger partial charge in [0.1, 0.15) is 12.4 Å². The third kappa shape index (κ3) is 4.41. The Morgan fingerprint density at radius 2 is 1.95 bits per heavy atom. The molecular formula is C16H17Cl2NO. The maximum atomic E-state index is 6.11. The first-order chi connectivity index (χ1) is 9.69. The molecule has 2 aromatic rings. The summed E-state index contributed by atoms with van der Waals surface area (Å²) < 4.78 is 5.78. The lowest BCUT2D eigenvalue weighted by molar-refractivity contribution is 0.306. The average Bonchev–Trinajstić information content (AvgIpc) is 2.46. The van der Waals surface area contributed by atoms with E-state index in [4.69, 9.17) is 27.9 Å². The van der Waals surface area contributed by atoms with E-state index in [2.05, 4.69) is 18.3 Å². The van der Waals surface area contributed by atoms with Crippen LogP contribution >= 0.6 is 23.2 Å². The molecule has 4 heteroatoms. The Labute approximate surface area is 129 Å². The zero-order valence-electron chi connectivity index (χ0n) is 11.3. The molecule has 0 saturated carbocycles. The Kier molecular flexibility index (Phi) is 5.72. The summed E-state index contributed by atoms with van der Waals surface area (Å²) in [5, 5.41) is 4.61. The zero-order chi connectivity index (χ0) is 14.4. The number of benzene rings is 2. The highest BCUT2D eigenvalue weighted by atomic mass is 35.5. The molecule has 0 aliphatic heterocycles. The van der Waals surface area contributed by atoms with Gasteiger partial charge in [-0.2, -0.15) is 0 Å². The van der Waals surface area contributed by atoms with Gasteiger partial charge >= 0.3 is 0 Å². The molecule has 0 unspecified atom stereocenters. The number of halogens is 2. The van der Waals surface area contributed by atoms with Gasteiger partial charge in [0, 0.05) is 22.2 Å². The van der Waals surface area contributed by atoms with E-state index in [1.165, 1.54) is 5.56 Å². The van der Waals surface area contributed by atoms with Crippen molar-refractivity contribution in [2.24, 2.45) is 0 Å². The second kappa shape index (κ2) is 7.53. The van der Waals surface area contributed by atoms with E-state index < -0.39 is 0 Å². The van der Waals surface area contributed by atoms with Crippen LogP contribution in [0.15, 0.2) is 42.5 Å². The van der Waals surface area contributed by atoms with Crippen molar-refractivity contribution in [2.75, 3.05) is 6.54 Å². The molecule has 0 aliphatic carbocycles. The second-order valence-electron chi connectivity index (χ2n) is 4.45. The highest BCUT2D eigenvalue weighted by molar-refractivity contribution is 6.33. The van der Waals surface area contributed by atoms with E-state index in [0.717, 1.165) is 24.4 Å².